The van der Waals surface area contributed by atoms with Crippen LogP contribution in [0.2, 0.25) is 0 Å². The molecule has 0 atom stereocenters. The Balaban J connectivity index is 3.04. The van der Waals surface area contributed by atoms with E-state index in [1.54, 1.807) is 6.20 Å². The maximum Gasteiger partial charge on any atom is 0.156 e. The smallest absolute Gasteiger partial charge is 0.156 e. The molecule has 0 radical (unpaired) electrons. The van der Waals surface area contributed by atoms with Crippen molar-refractivity contribution in [1.82, 2.24) is 9.97 Å². The first-order valence-corrected chi connectivity index (χ1v) is 4.58. The summed E-state index contributed by atoms with van der Waals surface area (Å²) in [6, 6.07) is 0. The van der Waals surface area contributed by atoms with Crippen molar-refractivity contribution in [3.63, 3.8) is 0 Å². The molecule has 1 heterocycles. The molecule has 0 fully saturated rings. The van der Waals surface area contributed by atoms with Gasteiger partial charge in [-0.2, -0.15) is 0 Å². The molecule has 1 aromatic heterocycles. The van der Waals surface area contributed by atoms with Crippen LogP contribution in [0, 0.1) is 0 Å². The second-order valence-electron chi connectivity index (χ2n) is 1.59. The molecule has 0 spiro atoms. The number of hydrogen-bond donors (Lipinski definition) is 1. The van der Waals surface area contributed by atoms with Crippen LogP contribution in [0.4, 0.5) is 5.82 Å². The third-order valence-electron chi connectivity index (χ3n) is 0.943. The fraction of sp³-hybridized carbons (Fsp3) is 0.200. The van der Waals surface area contributed by atoms with Gasteiger partial charge in [0, 0.05) is 0 Å². The summed E-state index contributed by atoms with van der Waals surface area (Å²) in [6.07, 6.45) is 3.58. The van der Waals surface area contributed by atoms with E-state index in [9.17, 15) is 0 Å². The van der Waals surface area contributed by atoms with E-state index in [0.717, 1.165) is 5.03 Å². The summed E-state index contributed by atoms with van der Waals surface area (Å²) in [5, 5.41) is 0.862. The van der Waals surface area contributed by atoms with Crippen LogP contribution in [0.15, 0.2) is 15.8 Å². The highest BCUT2D eigenvalue weighted by molar-refractivity contribution is 9.10. The Morgan fingerprint density at radius 2 is 2.40 bits per heavy atom. The molecule has 0 unspecified atom stereocenters. The second kappa shape index (κ2) is 3.21. The van der Waals surface area contributed by atoms with Crippen molar-refractivity contribution in [1.29, 1.82) is 0 Å². The molecule has 0 amide bonds. The molecule has 2 N–H and O–H groups in total. The summed E-state index contributed by atoms with van der Waals surface area (Å²) < 4.78 is 0.611. The number of halogens is 1. The molecule has 0 aromatic carbocycles. The number of nitrogens with zero attached hydrogens (tertiary/aromatic N) is 2. The van der Waals surface area contributed by atoms with Gasteiger partial charge in [-0.1, -0.05) is 0 Å². The van der Waals surface area contributed by atoms with E-state index in [1.165, 1.54) is 11.8 Å². The lowest BCUT2D eigenvalue weighted by Gasteiger charge is -1.97. The molecule has 1 rings (SSSR count). The van der Waals surface area contributed by atoms with Crippen molar-refractivity contribution >= 4 is 33.5 Å². The molecule has 0 aliphatic carbocycles. The van der Waals surface area contributed by atoms with Gasteiger partial charge in [0.25, 0.3) is 0 Å². The number of thioether (sulfide) groups is 1. The summed E-state index contributed by atoms with van der Waals surface area (Å²) in [6.45, 7) is 0. The van der Waals surface area contributed by atoms with Crippen molar-refractivity contribution in [2.24, 2.45) is 0 Å². The first kappa shape index (κ1) is 7.81. The van der Waals surface area contributed by atoms with Crippen molar-refractivity contribution in [2.45, 2.75) is 5.03 Å². The predicted molar refractivity (Wildman–Crippen MR) is 45.9 cm³/mol. The number of aromatic nitrogens is 2. The van der Waals surface area contributed by atoms with E-state index < -0.39 is 0 Å². The first-order valence-electron chi connectivity index (χ1n) is 2.56. The molecule has 0 bridgehead atoms. The molecule has 1 aromatic rings. The molecule has 54 valence electrons. The van der Waals surface area contributed by atoms with Crippen LogP contribution in [-0.2, 0) is 0 Å². The number of rotatable bonds is 1. The van der Waals surface area contributed by atoms with Crippen LogP contribution in [0.1, 0.15) is 0 Å². The quantitative estimate of drug-likeness (QED) is 0.729. The fourth-order valence-electron chi connectivity index (χ4n) is 0.459. The van der Waals surface area contributed by atoms with Gasteiger partial charge >= 0.3 is 0 Å². The van der Waals surface area contributed by atoms with E-state index in [2.05, 4.69) is 25.9 Å². The molecule has 10 heavy (non-hydrogen) atoms. The zero-order chi connectivity index (χ0) is 7.56. The Hall–Kier alpha value is -0.290. The fourth-order valence-corrected chi connectivity index (χ4v) is 1.21. The zero-order valence-corrected chi connectivity index (χ0v) is 7.74. The lowest BCUT2D eigenvalue weighted by atomic mass is 10.7. The van der Waals surface area contributed by atoms with Gasteiger partial charge in [0.1, 0.15) is 9.63 Å². The largest absolute Gasteiger partial charge is 0.381 e. The molecular formula is C5H6BrN3S. The summed E-state index contributed by atoms with van der Waals surface area (Å²) in [5.41, 5.74) is 5.41. The number of anilines is 1. The average molecular weight is 220 g/mol. The number of hydrogen-bond acceptors (Lipinski definition) is 4. The van der Waals surface area contributed by atoms with Crippen LogP contribution in [-0.4, -0.2) is 16.2 Å². The monoisotopic (exact) mass is 219 g/mol. The summed E-state index contributed by atoms with van der Waals surface area (Å²) in [4.78, 5) is 7.98. The van der Waals surface area contributed by atoms with Gasteiger partial charge in [-0.25, -0.2) is 9.97 Å². The van der Waals surface area contributed by atoms with E-state index in [4.69, 9.17) is 5.73 Å². The van der Waals surface area contributed by atoms with Crippen LogP contribution in [0.5, 0.6) is 0 Å². The van der Waals surface area contributed by atoms with Gasteiger partial charge in [0.15, 0.2) is 5.82 Å². The van der Waals surface area contributed by atoms with Gasteiger partial charge in [0.2, 0.25) is 0 Å². The summed E-state index contributed by atoms with van der Waals surface area (Å²) in [7, 11) is 0. The minimum absolute atomic E-state index is 0.429. The topological polar surface area (TPSA) is 51.8 Å². The second-order valence-corrected chi connectivity index (χ2v) is 3.17. The van der Waals surface area contributed by atoms with E-state index in [0.29, 0.717) is 10.4 Å². The van der Waals surface area contributed by atoms with Crippen LogP contribution < -0.4 is 5.73 Å². The lowest BCUT2D eigenvalue weighted by Crippen LogP contribution is -1.93. The SMILES string of the molecule is CSc1cnc(N)c(Br)n1. The van der Waals surface area contributed by atoms with E-state index in [-0.39, 0.29) is 0 Å². The first-order chi connectivity index (χ1) is 4.74. The molecule has 0 aliphatic rings. The Labute approximate surface area is 71.6 Å². The van der Waals surface area contributed by atoms with Crippen molar-refractivity contribution < 1.29 is 0 Å². The van der Waals surface area contributed by atoms with Gasteiger partial charge < -0.3 is 5.73 Å². The Bertz CT molecular complexity index is 240. The molecule has 0 saturated heterocycles. The molecule has 0 saturated carbocycles. The maximum atomic E-state index is 5.41. The maximum absolute atomic E-state index is 5.41. The highest BCUT2D eigenvalue weighted by Gasteiger charge is 1.98. The third kappa shape index (κ3) is 1.60. The highest BCUT2D eigenvalue weighted by Crippen LogP contribution is 2.17. The van der Waals surface area contributed by atoms with Crippen LogP contribution in [0.25, 0.3) is 0 Å². The lowest BCUT2D eigenvalue weighted by molar-refractivity contribution is 1.04. The number of nitrogens with two attached hydrogens (primary N) is 1. The van der Waals surface area contributed by atoms with Crippen LogP contribution >= 0.6 is 27.7 Å². The minimum atomic E-state index is 0.429. The van der Waals surface area contributed by atoms with Crippen molar-refractivity contribution in [3.8, 4) is 0 Å². The van der Waals surface area contributed by atoms with E-state index in [1.807, 2.05) is 6.26 Å². The number of nitrogen functional groups attached to an aromatic ring is 1. The standard InChI is InChI=1S/C5H6BrN3S/c1-10-3-2-8-5(7)4(6)9-3/h2H,1H3,(H2,7,8). The predicted octanol–water partition coefficient (Wildman–Crippen LogP) is 1.54. The van der Waals surface area contributed by atoms with Crippen molar-refractivity contribution in [2.75, 3.05) is 12.0 Å². The summed E-state index contributed by atoms with van der Waals surface area (Å²) in [5.74, 6) is 0.429. The van der Waals surface area contributed by atoms with Gasteiger partial charge in [0.05, 0.1) is 6.20 Å². The van der Waals surface area contributed by atoms with Crippen LogP contribution in [0.3, 0.4) is 0 Å². The molecule has 3 nitrogen and oxygen atoms in total. The molecule has 0 aliphatic heterocycles. The Kier molecular flexibility index (Phi) is 2.50. The van der Waals surface area contributed by atoms with Crippen molar-refractivity contribution in [3.05, 3.63) is 10.8 Å². The van der Waals surface area contributed by atoms with Gasteiger partial charge in [-0.05, 0) is 22.2 Å². The molecular weight excluding hydrogens is 214 g/mol. The zero-order valence-electron chi connectivity index (χ0n) is 5.34. The van der Waals surface area contributed by atoms with Gasteiger partial charge in [-0.15, -0.1) is 11.8 Å². The Morgan fingerprint density at radius 1 is 1.70 bits per heavy atom. The normalized spacial score (nSPS) is 9.80. The molecule has 5 heteroatoms. The Morgan fingerprint density at radius 3 is 2.90 bits per heavy atom. The minimum Gasteiger partial charge on any atom is -0.381 e. The third-order valence-corrected chi connectivity index (χ3v) is 2.14. The van der Waals surface area contributed by atoms with Gasteiger partial charge in [-0.3, -0.25) is 0 Å². The summed E-state index contributed by atoms with van der Waals surface area (Å²) >= 11 is 4.71. The van der Waals surface area contributed by atoms with E-state index >= 15 is 0 Å². The highest BCUT2D eigenvalue weighted by atomic mass is 79.9. The average Bonchev–Trinajstić information content (AvgIpc) is 1.95.